The number of methoxy groups -OCH3 is 1. The number of amides is 1. The number of aliphatic imine (C=N–C) groups is 1. The quantitative estimate of drug-likeness (QED) is 0.323. The first-order chi connectivity index (χ1) is 16.8. The average molecular weight is 574 g/mol. The van der Waals surface area contributed by atoms with Crippen molar-refractivity contribution >= 4 is 68.1 Å². The van der Waals surface area contributed by atoms with E-state index >= 15 is 0 Å². The standard InChI is InChI=1S/C25H18BrClN2O5S/c1-33-20-11-15(10-19(26)22(20)34-13-14-2-4-16(5-3-14)24(31)32)12-21-23(30)29-25(35-21)28-18-8-6-17(27)7-9-18/h2-12H,13H2,1H3,(H,31,32)(H,28,29,30)/b21-12-. The second-order valence-electron chi connectivity index (χ2n) is 7.28. The Bertz CT molecular complexity index is 1340. The molecule has 3 aromatic carbocycles. The van der Waals surface area contributed by atoms with Crippen molar-refractivity contribution in [3.05, 3.63) is 91.8 Å². The number of thioether (sulfide) groups is 1. The van der Waals surface area contributed by atoms with Crippen molar-refractivity contribution in [3.8, 4) is 11.5 Å². The summed E-state index contributed by atoms with van der Waals surface area (Å²) in [7, 11) is 1.53. The highest BCUT2D eigenvalue weighted by Crippen LogP contribution is 2.39. The van der Waals surface area contributed by atoms with E-state index in [9.17, 15) is 9.59 Å². The van der Waals surface area contributed by atoms with E-state index in [4.69, 9.17) is 26.2 Å². The van der Waals surface area contributed by atoms with Crippen LogP contribution in [0.1, 0.15) is 21.5 Å². The number of halogens is 2. The molecule has 7 nitrogen and oxygen atoms in total. The summed E-state index contributed by atoms with van der Waals surface area (Å²) in [5.74, 6) is -0.260. The molecule has 4 rings (SSSR count). The molecule has 3 aromatic rings. The van der Waals surface area contributed by atoms with Gasteiger partial charge < -0.3 is 19.9 Å². The first kappa shape index (κ1) is 24.8. The van der Waals surface area contributed by atoms with Crippen molar-refractivity contribution in [1.82, 2.24) is 5.32 Å². The van der Waals surface area contributed by atoms with Gasteiger partial charge in [0, 0.05) is 5.02 Å². The van der Waals surface area contributed by atoms with Crippen LogP contribution in [0.2, 0.25) is 5.02 Å². The van der Waals surface area contributed by atoms with Gasteiger partial charge in [-0.3, -0.25) is 4.79 Å². The van der Waals surface area contributed by atoms with Crippen LogP contribution in [0, 0.1) is 0 Å². The number of carboxylic acid groups (broad SMARTS) is 1. The number of carboxylic acids is 1. The molecule has 0 aromatic heterocycles. The Balaban J connectivity index is 1.50. The van der Waals surface area contributed by atoms with Gasteiger partial charge in [0.25, 0.3) is 5.91 Å². The molecular weight excluding hydrogens is 556 g/mol. The number of nitrogens with one attached hydrogen (secondary N) is 1. The summed E-state index contributed by atoms with van der Waals surface area (Å²) in [6, 6.07) is 17.0. The highest BCUT2D eigenvalue weighted by molar-refractivity contribution is 9.10. The molecule has 1 amide bonds. The lowest BCUT2D eigenvalue weighted by atomic mass is 10.1. The predicted molar refractivity (Wildman–Crippen MR) is 141 cm³/mol. The van der Waals surface area contributed by atoms with Crippen LogP contribution >= 0.6 is 39.3 Å². The molecular formula is C25H18BrClN2O5S. The minimum Gasteiger partial charge on any atom is -0.493 e. The lowest BCUT2D eigenvalue weighted by Gasteiger charge is -2.14. The zero-order valence-electron chi connectivity index (χ0n) is 18.2. The molecule has 1 aliphatic heterocycles. The minimum atomic E-state index is -0.982. The van der Waals surface area contributed by atoms with Gasteiger partial charge in [-0.05, 0) is 93.4 Å². The Kier molecular flexibility index (Phi) is 7.80. The summed E-state index contributed by atoms with van der Waals surface area (Å²) in [6.45, 7) is 0.220. The maximum atomic E-state index is 12.5. The fourth-order valence-electron chi connectivity index (χ4n) is 3.13. The number of hydrogen-bond donors (Lipinski definition) is 2. The number of rotatable bonds is 7. The van der Waals surface area contributed by atoms with Gasteiger partial charge in [0.1, 0.15) is 6.61 Å². The molecule has 1 fully saturated rings. The molecule has 1 heterocycles. The summed E-state index contributed by atoms with van der Waals surface area (Å²) in [5, 5.41) is 12.9. The third-order valence-corrected chi connectivity index (χ3v) is 6.59. The minimum absolute atomic E-state index is 0.208. The molecule has 0 bridgehead atoms. The Labute approximate surface area is 218 Å². The first-order valence-electron chi connectivity index (χ1n) is 10.2. The monoisotopic (exact) mass is 572 g/mol. The van der Waals surface area contributed by atoms with Gasteiger partial charge in [0.2, 0.25) is 0 Å². The smallest absolute Gasteiger partial charge is 0.335 e. The highest BCUT2D eigenvalue weighted by Gasteiger charge is 2.24. The van der Waals surface area contributed by atoms with Crippen LogP contribution in [0.5, 0.6) is 11.5 Å². The third kappa shape index (κ3) is 6.25. The fraction of sp³-hybridized carbons (Fsp3) is 0.0800. The average Bonchev–Trinajstić information content (AvgIpc) is 3.18. The number of ether oxygens (including phenoxy) is 2. The topological polar surface area (TPSA) is 97.2 Å². The van der Waals surface area contributed by atoms with Crippen LogP contribution < -0.4 is 14.8 Å². The molecule has 0 aliphatic carbocycles. The van der Waals surface area contributed by atoms with Gasteiger partial charge in [0.05, 0.1) is 27.7 Å². The molecule has 35 heavy (non-hydrogen) atoms. The number of nitrogens with zero attached hydrogens (tertiary/aromatic N) is 1. The second kappa shape index (κ2) is 11.0. The lowest BCUT2D eigenvalue weighted by molar-refractivity contribution is -0.115. The van der Waals surface area contributed by atoms with Crippen LogP contribution in [0.3, 0.4) is 0 Å². The van der Waals surface area contributed by atoms with Crippen molar-refractivity contribution in [2.24, 2.45) is 4.99 Å². The van der Waals surface area contributed by atoms with Crippen molar-refractivity contribution in [1.29, 1.82) is 0 Å². The van der Waals surface area contributed by atoms with E-state index in [0.717, 1.165) is 11.1 Å². The van der Waals surface area contributed by atoms with E-state index in [1.807, 2.05) is 6.07 Å². The normalized spacial score (nSPS) is 15.3. The van der Waals surface area contributed by atoms with Crippen molar-refractivity contribution in [3.63, 3.8) is 0 Å². The van der Waals surface area contributed by atoms with Gasteiger partial charge >= 0.3 is 5.97 Å². The fourth-order valence-corrected chi connectivity index (χ4v) is 4.67. The van der Waals surface area contributed by atoms with Gasteiger partial charge in [0.15, 0.2) is 16.7 Å². The Morgan fingerprint density at radius 1 is 1.17 bits per heavy atom. The van der Waals surface area contributed by atoms with Crippen LogP contribution in [-0.2, 0) is 11.4 Å². The maximum Gasteiger partial charge on any atom is 0.335 e. The summed E-state index contributed by atoms with van der Waals surface area (Å²) in [4.78, 5) is 28.4. The summed E-state index contributed by atoms with van der Waals surface area (Å²) >= 11 is 10.7. The number of aromatic carboxylic acids is 1. The predicted octanol–water partition coefficient (Wildman–Crippen LogP) is 6.28. The Morgan fingerprint density at radius 3 is 2.54 bits per heavy atom. The molecule has 2 N–H and O–H groups in total. The number of carbonyl (C=O) groups excluding carboxylic acids is 1. The number of hydrogen-bond acceptors (Lipinski definition) is 6. The van der Waals surface area contributed by atoms with Crippen molar-refractivity contribution < 1.29 is 24.2 Å². The highest BCUT2D eigenvalue weighted by atomic mass is 79.9. The molecule has 0 atom stereocenters. The van der Waals surface area contributed by atoms with Gasteiger partial charge in [-0.25, -0.2) is 9.79 Å². The molecule has 0 unspecified atom stereocenters. The van der Waals surface area contributed by atoms with Gasteiger partial charge in [-0.2, -0.15) is 0 Å². The van der Waals surface area contributed by atoms with E-state index in [2.05, 4.69) is 26.2 Å². The number of carbonyl (C=O) groups is 2. The number of benzene rings is 3. The van der Waals surface area contributed by atoms with E-state index in [0.29, 0.717) is 36.8 Å². The van der Waals surface area contributed by atoms with E-state index in [1.165, 1.54) is 31.0 Å². The molecule has 10 heteroatoms. The van der Waals surface area contributed by atoms with E-state index < -0.39 is 5.97 Å². The Hall–Kier alpha value is -3.27. The molecule has 0 spiro atoms. The lowest BCUT2D eigenvalue weighted by Crippen LogP contribution is -2.19. The second-order valence-corrected chi connectivity index (χ2v) is 9.60. The zero-order valence-corrected chi connectivity index (χ0v) is 21.4. The number of amidine groups is 1. The maximum absolute atomic E-state index is 12.5. The third-order valence-electron chi connectivity index (χ3n) is 4.84. The van der Waals surface area contributed by atoms with Gasteiger partial charge in [-0.15, -0.1) is 0 Å². The molecule has 0 saturated carbocycles. The summed E-state index contributed by atoms with van der Waals surface area (Å²) in [6.07, 6.45) is 1.74. The van der Waals surface area contributed by atoms with Crippen LogP contribution in [0.25, 0.3) is 6.08 Å². The Morgan fingerprint density at radius 2 is 1.89 bits per heavy atom. The van der Waals surface area contributed by atoms with E-state index in [-0.39, 0.29) is 18.1 Å². The molecule has 1 aliphatic rings. The van der Waals surface area contributed by atoms with E-state index in [1.54, 1.807) is 48.5 Å². The first-order valence-corrected chi connectivity index (χ1v) is 12.2. The van der Waals surface area contributed by atoms with Crippen LogP contribution in [0.15, 0.2) is 75.0 Å². The largest absolute Gasteiger partial charge is 0.493 e. The van der Waals surface area contributed by atoms with Crippen molar-refractivity contribution in [2.75, 3.05) is 7.11 Å². The molecule has 1 saturated heterocycles. The van der Waals surface area contributed by atoms with Gasteiger partial charge in [-0.1, -0.05) is 23.7 Å². The zero-order chi connectivity index (χ0) is 24.9. The van der Waals surface area contributed by atoms with Crippen LogP contribution in [-0.4, -0.2) is 29.3 Å². The molecule has 178 valence electrons. The SMILES string of the molecule is COc1cc(/C=C2\SC(=Nc3ccc(Cl)cc3)NC2=O)cc(Br)c1OCc1ccc(C(=O)O)cc1. The van der Waals surface area contributed by atoms with Crippen LogP contribution in [0.4, 0.5) is 5.69 Å². The summed E-state index contributed by atoms with van der Waals surface area (Å²) < 4.78 is 12.1. The van der Waals surface area contributed by atoms with Crippen molar-refractivity contribution in [2.45, 2.75) is 6.61 Å². The summed E-state index contributed by atoms with van der Waals surface area (Å²) in [5.41, 5.74) is 2.43. The molecule has 0 radical (unpaired) electrons.